The SMILES string of the molecule is O=C(CCS)N(CCO)CCO. The molecule has 0 saturated carbocycles. The molecular weight excluding hydrogens is 178 g/mol. The summed E-state index contributed by atoms with van der Waals surface area (Å²) in [4.78, 5) is 12.6. The van der Waals surface area contributed by atoms with Crippen LogP contribution in [0.25, 0.3) is 0 Å². The smallest absolute Gasteiger partial charge is 0.223 e. The minimum atomic E-state index is -0.0758. The van der Waals surface area contributed by atoms with Gasteiger partial charge in [-0.05, 0) is 5.75 Å². The summed E-state index contributed by atoms with van der Waals surface area (Å²) in [6, 6.07) is 0. The highest BCUT2D eigenvalue weighted by Crippen LogP contribution is 1.94. The van der Waals surface area contributed by atoms with Crippen molar-refractivity contribution in [3.63, 3.8) is 0 Å². The minimum Gasteiger partial charge on any atom is -0.395 e. The van der Waals surface area contributed by atoms with Crippen LogP contribution in [0.2, 0.25) is 0 Å². The van der Waals surface area contributed by atoms with E-state index < -0.39 is 0 Å². The molecule has 4 nitrogen and oxygen atoms in total. The molecule has 0 radical (unpaired) electrons. The van der Waals surface area contributed by atoms with Crippen LogP contribution in [0.15, 0.2) is 0 Å². The summed E-state index contributed by atoms with van der Waals surface area (Å²) >= 11 is 3.92. The summed E-state index contributed by atoms with van der Waals surface area (Å²) in [6.07, 6.45) is 0.350. The van der Waals surface area contributed by atoms with Gasteiger partial charge in [-0.3, -0.25) is 4.79 Å². The zero-order chi connectivity index (χ0) is 9.40. The first-order chi connectivity index (χ1) is 5.76. The van der Waals surface area contributed by atoms with Crippen LogP contribution in [0.1, 0.15) is 6.42 Å². The van der Waals surface area contributed by atoms with Crippen molar-refractivity contribution in [2.75, 3.05) is 32.1 Å². The topological polar surface area (TPSA) is 60.8 Å². The standard InChI is InChI=1S/C7H15NO3S/c9-4-2-8(3-5-10)7(11)1-6-12/h9-10,12H,1-6H2. The third-order valence-corrected chi connectivity index (χ3v) is 1.64. The van der Waals surface area contributed by atoms with Gasteiger partial charge in [0.05, 0.1) is 13.2 Å². The Morgan fingerprint density at radius 2 is 1.75 bits per heavy atom. The Morgan fingerprint density at radius 3 is 2.08 bits per heavy atom. The van der Waals surface area contributed by atoms with Crippen LogP contribution < -0.4 is 0 Å². The van der Waals surface area contributed by atoms with Gasteiger partial charge in [0.25, 0.3) is 0 Å². The lowest BCUT2D eigenvalue weighted by molar-refractivity contribution is -0.131. The lowest BCUT2D eigenvalue weighted by Gasteiger charge is -2.19. The predicted octanol–water partition coefficient (Wildman–Crippen LogP) is -0.881. The van der Waals surface area contributed by atoms with Gasteiger partial charge in [0.1, 0.15) is 0 Å². The van der Waals surface area contributed by atoms with Crippen LogP contribution in [0.5, 0.6) is 0 Å². The van der Waals surface area contributed by atoms with Gasteiger partial charge in [0.2, 0.25) is 5.91 Å². The normalized spacial score (nSPS) is 9.92. The molecule has 2 N–H and O–H groups in total. The van der Waals surface area contributed by atoms with E-state index in [1.54, 1.807) is 0 Å². The van der Waals surface area contributed by atoms with Gasteiger partial charge in [0.15, 0.2) is 0 Å². The zero-order valence-electron chi connectivity index (χ0n) is 6.94. The highest BCUT2D eigenvalue weighted by atomic mass is 32.1. The summed E-state index contributed by atoms with van der Waals surface area (Å²) in [6.45, 7) is 0.428. The summed E-state index contributed by atoms with van der Waals surface area (Å²) in [5.41, 5.74) is 0. The number of rotatable bonds is 6. The fourth-order valence-corrected chi connectivity index (χ4v) is 1.05. The molecule has 0 aromatic rings. The third-order valence-electron chi connectivity index (χ3n) is 1.42. The second kappa shape index (κ2) is 7.39. The van der Waals surface area contributed by atoms with Gasteiger partial charge < -0.3 is 15.1 Å². The van der Waals surface area contributed by atoms with Gasteiger partial charge in [-0.15, -0.1) is 0 Å². The van der Waals surface area contributed by atoms with Crippen molar-refractivity contribution in [1.29, 1.82) is 0 Å². The Kier molecular flexibility index (Phi) is 7.23. The molecule has 0 aromatic heterocycles. The predicted molar refractivity (Wildman–Crippen MR) is 49.2 cm³/mol. The van der Waals surface area contributed by atoms with Crippen molar-refractivity contribution >= 4 is 18.5 Å². The van der Waals surface area contributed by atoms with Gasteiger partial charge >= 0.3 is 0 Å². The second-order valence-electron chi connectivity index (χ2n) is 2.30. The Hall–Kier alpha value is -0.260. The molecule has 0 heterocycles. The van der Waals surface area contributed by atoms with Gasteiger partial charge in [0, 0.05) is 19.5 Å². The van der Waals surface area contributed by atoms with Crippen molar-refractivity contribution in [1.82, 2.24) is 4.90 Å². The van der Waals surface area contributed by atoms with Crippen LogP contribution >= 0.6 is 12.6 Å². The van der Waals surface area contributed by atoms with Crippen LogP contribution in [-0.4, -0.2) is 53.1 Å². The van der Waals surface area contributed by atoms with Gasteiger partial charge in [-0.1, -0.05) is 0 Å². The molecule has 0 unspecified atom stereocenters. The maximum atomic E-state index is 11.2. The number of amides is 1. The molecule has 0 fully saturated rings. The quantitative estimate of drug-likeness (QED) is 0.480. The summed E-state index contributed by atoms with van der Waals surface area (Å²) in [5.74, 6) is 0.416. The molecule has 0 aromatic carbocycles. The molecule has 0 aliphatic rings. The van der Waals surface area contributed by atoms with Crippen LogP contribution in [0.3, 0.4) is 0 Å². The highest BCUT2D eigenvalue weighted by molar-refractivity contribution is 7.80. The molecule has 72 valence electrons. The lowest BCUT2D eigenvalue weighted by atomic mass is 10.4. The molecule has 12 heavy (non-hydrogen) atoms. The average molecular weight is 193 g/mol. The number of thiol groups is 1. The van der Waals surface area contributed by atoms with Gasteiger partial charge in [-0.25, -0.2) is 0 Å². The van der Waals surface area contributed by atoms with E-state index in [1.807, 2.05) is 0 Å². The fourth-order valence-electron chi connectivity index (χ4n) is 0.856. The zero-order valence-corrected chi connectivity index (χ0v) is 7.83. The molecule has 0 aliphatic carbocycles. The van der Waals surface area contributed by atoms with Crippen molar-refractivity contribution in [2.45, 2.75) is 6.42 Å². The Bertz CT molecular complexity index is 126. The number of carbonyl (C=O) groups excluding carboxylic acids is 1. The van der Waals surface area contributed by atoms with E-state index in [9.17, 15) is 4.79 Å². The summed E-state index contributed by atoms with van der Waals surface area (Å²) < 4.78 is 0. The first-order valence-electron chi connectivity index (χ1n) is 3.86. The van der Waals surface area contributed by atoms with E-state index in [0.717, 1.165) is 0 Å². The van der Waals surface area contributed by atoms with E-state index in [-0.39, 0.29) is 32.2 Å². The molecule has 0 saturated heterocycles. The molecule has 5 heteroatoms. The number of hydrogen-bond donors (Lipinski definition) is 3. The number of aliphatic hydroxyl groups is 2. The Morgan fingerprint density at radius 1 is 1.25 bits per heavy atom. The summed E-state index contributed by atoms with van der Waals surface area (Å²) in [7, 11) is 0. The fraction of sp³-hybridized carbons (Fsp3) is 0.857. The number of nitrogens with zero attached hydrogens (tertiary/aromatic N) is 1. The number of aliphatic hydroxyl groups excluding tert-OH is 2. The van der Waals surface area contributed by atoms with Crippen LogP contribution in [-0.2, 0) is 4.79 Å². The third kappa shape index (κ3) is 4.58. The molecular formula is C7H15NO3S. The lowest BCUT2D eigenvalue weighted by Crippen LogP contribution is -2.35. The van der Waals surface area contributed by atoms with E-state index in [0.29, 0.717) is 12.2 Å². The molecule has 0 bridgehead atoms. The van der Waals surface area contributed by atoms with E-state index in [2.05, 4.69) is 12.6 Å². The maximum Gasteiger partial charge on any atom is 0.223 e. The van der Waals surface area contributed by atoms with Crippen LogP contribution in [0, 0.1) is 0 Å². The first kappa shape index (κ1) is 11.7. The monoisotopic (exact) mass is 193 g/mol. The van der Waals surface area contributed by atoms with E-state index in [4.69, 9.17) is 10.2 Å². The summed E-state index contributed by atoms with van der Waals surface area (Å²) in [5, 5.41) is 17.2. The molecule has 1 amide bonds. The Labute approximate surface area is 77.6 Å². The first-order valence-corrected chi connectivity index (χ1v) is 4.49. The average Bonchev–Trinajstić information content (AvgIpc) is 2.04. The maximum absolute atomic E-state index is 11.2. The van der Waals surface area contributed by atoms with Crippen LogP contribution in [0.4, 0.5) is 0 Å². The van der Waals surface area contributed by atoms with Crippen molar-refractivity contribution in [3.8, 4) is 0 Å². The molecule has 0 atom stereocenters. The van der Waals surface area contributed by atoms with E-state index in [1.165, 1.54) is 4.90 Å². The van der Waals surface area contributed by atoms with Gasteiger partial charge in [-0.2, -0.15) is 12.6 Å². The van der Waals surface area contributed by atoms with E-state index >= 15 is 0 Å². The number of carbonyl (C=O) groups is 1. The van der Waals surface area contributed by atoms with Crippen molar-refractivity contribution in [2.24, 2.45) is 0 Å². The largest absolute Gasteiger partial charge is 0.395 e. The Balaban J connectivity index is 3.81. The molecule has 0 rings (SSSR count). The molecule has 0 aliphatic heterocycles. The minimum absolute atomic E-state index is 0.0711. The second-order valence-corrected chi connectivity index (χ2v) is 2.75. The van der Waals surface area contributed by atoms with Crippen molar-refractivity contribution in [3.05, 3.63) is 0 Å². The number of hydrogen-bond acceptors (Lipinski definition) is 4. The van der Waals surface area contributed by atoms with Crippen molar-refractivity contribution < 1.29 is 15.0 Å². The highest BCUT2D eigenvalue weighted by Gasteiger charge is 2.10. The molecule has 0 spiro atoms.